The zero-order valence-corrected chi connectivity index (χ0v) is 13.9. The second-order valence-corrected chi connectivity index (χ2v) is 6.88. The van der Waals surface area contributed by atoms with Gasteiger partial charge in [0.1, 0.15) is 5.75 Å². The molecule has 0 spiro atoms. The molecule has 3 heteroatoms. The molecule has 2 unspecified atom stereocenters. The van der Waals surface area contributed by atoms with E-state index in [1.165, 1.54) is 62.7 Å². The number of nitrogens with zero attached hydrogens (tertiary/aromatic N) is 1. The molecule has 1 aromatic carbocycles. The first kappa shape index (κ1) is 15.8. The van der Waals surface area contributed by atoms with Crippen LogP contribution in [0.3, 0.4) is 0 Å². The molecule has 2 aliphatic rings. The van der Waals surface area contributed by atoms with E-state index in [9.17, 15) is 0 Å². The fourth-order valence-corrected chi connectivity index (χ4v) is 4.35. The zero-order valence-electron chi connectivity index (χ0n) is 13.9. The Balaban J connectivity index is 1.74. The maximum atomic E-state index is 5.94. The van der Waals surface area contributed by atoms with Crippen molar-refractivity contribution in [1.82, 2.24) is 4.90 Å². The van der Waals surface area contributed by atoms with Gasteiger partial charge in [0.05, 0.1) is 7.11 Å². The van der Waals surface area contributed by atoms with E-state index < -0.39 is 0 Å². The van der Waals surface area contributed by atoms with Crippen LogP contribution in [0.2, 0.25) is 0 Å². The van der Waals surface area contributed by atoms with Gasteiger partial charge in [-0.15, -0.1) is 0 Å². The summed E-state index contributed by atoms with van der Waals surface area (Å²) in [5.41, 5.74) is 8.95. The Hall–Kier alpha value is -1.06. The standard InChI is InChI=1S/C19H30N2O/c1-22-18-8-7-15-5-6-16(13-17(15)14-18)19(9-10-20)21-11-3-2-4-12-21/h7-8,14,16,19H,2-6,9-13,20H2,1H3. The van der Waals surface area contributed by atoms with Crippen LogP contribution in [0.4, 0.5) is 0 Å². The van der Waals surface area contributed by atoms with Crippen LogP contribution < -0.4 is 10.5 Å². The van der Waals surface area contributed by atoms with Crippen LogP contribution >= 0.6 is 0 Å². The second kappa shape index (κ2) is 7.47. The Morgan fingerprint density at radius 2 is 2.05 bits per heavy atom. The minimum Gasteiger partial charge on any atom is -0.497 e. The highest BCUT2D eigenvalue weighted by molar-refractivity contribution is 5.37. The number of methoxy groups -OCH3 is 1. The van der Waals surface area contributed by atoms with E-state index in [0.29, 0.717) is 6.04 Å². The van der Waals surface area contributed by atoms with Gasteiger partial charge in [0, 0.05) is 6.04 Å². The fraction of sp³-hybridized carbons (Fsp3) is 0.684. The van der Waals surface area contributed by atoms with E-state index in [-0.39, 0.29) is 0 Å². The predicted octanol–water partition coefficient (Wildman–Crippen LogP) is 3.00. The van der Waals surface area contributed by atoms with Gasteiger partial charge < -0.3 is 15.4 Å². The molecule has 1 fully saturated rings. The third-order valence-electron chi connectivity index (χ3n) is 5.55. The molecule has 2 N–H and O–H groups in total. The predicted molar refractivity (Wildman–Crippen MR) is 91.4 cm³/mol. The Morgan fingerprint density at radius 1 is 1.23 bits per heavy atom. The molecule has 22 heavy (non-hydrogen) atoms. The van der Waals surface area contributed by atoms with Crippen LogP contribution in [0.25, 0.3) is 0 Å². The molecule has 0 aromatic heterocycles. The fourth-order valence-electron chi connectivity index (χ4n) is 4.35. The van der Waals surface area contributed by atoms with Gasteiger partial charge in [-0.25, -0.2) is 0 Å². The number of hydrogen-bond donors (Lipinski definition) is 1. The van der Waals surface area contributed by atoms with E-state index in [0.717, 1.165) is 24.6 Å². The minimum absolute atomic E-state index is 0.671. The lowest BCUT2D eigenvalue weighted by molar-refractivity contribution is 0.103. The Kier molecular flexibility index (Phi) is 5.37. The summed E-state index contributed by atoms with van der Waals surface area (Å²) in [6.45, 7) is 3.35. The van der Waals surface area contributed by atoms with Gasteiger partial charge in [-0.05, 0) is 87.3 Å². The summed E-state index contributed by atoms with van der Waals surface area (Å²) in [5.74, 6) is 1.74. The number of rotatable bonds is 5. The summed E-state index contributed by atoms with van der Waals surface area (Å²) in [6, 6.07) is 7.27. The molecule has 1 heterocycles. The average Bonchev–Trinajstić information content (AvgIpc) is 2.59. The van der Waals surface area contributed by atoms with Crippen molar-refractivity contribution in [3.05, 3.63) is 29.3 Å². The van der Waals surface area contributed by atoms with Crippen molar-refractivity contribution in [3.8, 4) is 5.75 Å². The number of benzene rings is 1. The van der Waals surface area contributed by atoms with Crippen LogP contribution in [-0.4, -0.2) is 37.7 Å². The first-order chi connectivity index (χ1) is 10.8. The van der Waals surface area contributed by atoms with Gasteiger partial charge in [-0.2, -0.15) is 0 Å². The number of piperidine rings is 1. The molecular formula is C19H30N2O. The van der Waals surface area contributed by atoms with Gasteiger partial charge >= 0.3 is 0 Å². The van der Waals surface area contributed by atoms with E-state index in [1.54, 1.807) is 7.11 Å². The van der Waals surface area contributed by atoms with Crippen LogP contribution in [-0.2, 0) is 12.8 Å². The molecule has 2 atom stereocenters. The van der Waals surface area contributed by atoms with Crippen LogP contribution in [0.15, 0.2) is 18.2 Å². The number of aryl methyl sites for hydroxylation is 1. The third-order valence-corrected chi connectivity index (χ3v) is 5.55. The molecule has 1 saturated heterocycles. The van der Waals surface area contributed by atoms with Crippen molar-refractivity contribution in [2.24, 2.45) is 11.7 Å². The van der Waals surface area contributed by atoms with Gasteiger partial charge in [-0.1, -0.05) is 12.5 Å². The minimum atomic E-state index is 0.671. The van der Waals surface area contributed by atoms with Crippen molar-refractivity contribution < 1.29 is 4.74 Å². The number of likely N-dealkylation sites (tertiary alicyclic amines) is 1. The van der Waals surface area contributed by atoms with Gasteiger partial charge in [0.2, 0.25) is 0 Å². The number of ether oxygens (including phenoxy) is 1. The first-order valence-electron chi connectivity index (χ1n) is 8.91. The highest BCUT2D eigenvalue weighted by Crippen LogP contribution is 2.33. The highest BCUT2D eigenvalue weighted by atomic mass is 16.5. The third kappa shape index (κ3) is 3.47. The van der Waals surface area contributed by atoms with E-state index in [4.69, 9.17) is 10.5 Å². The Bertz CT molecular complexity index is 482. The lowest BCUT2D eigenvalue weighted by atomic mass is 9.78. The molecule has 0 bridgehead atoms. The average molecular weight is 302 g/mol. The molecule has 3 rings (SSSR count). The van der Waals surface area contributed by atoms with Crippen LogP contribution in [0.1, 0.15) is 43.2 Å². The topological polar surface area (TPSA) is 38.5 Å². The quantitative estimate of drug-likeness (QED) is 0.908. The summed E-state index contributed by atoms with van der Waals surface area (Å²) in [5, 5.41) is 0. The Morgan fingerprint density at radius 3 is 2.77 bits per heavy atom. The maximum absolute atomic E-state index is 5.94. The van der Waals surface area contributed by atoms with Crippen molar-refractivity contribution in [2.45, 2.75) is 51.0 Å². The molecule has 3 nitrogen and oxygen atoms in total. The zero-order chi connectivity index (χ0) is 15.4. The second-order valence-electron chi connectivity index (χ2n) is 6.88. The van der Waals surface area contributed by atoms with E-state index in [1.807, 2.05) is 0 Å². The monoisotopic (exact) mass is 302 g/mol. The molecule has 0 radical (unpaired) electrons. The van der Waals surface area contributed by atoms with Crippen LogP contribution in [0, 0.1) is 5.92 Å². The van der Waals surface area contributed by atoms with Crippen molar-refractivity contribution >= 4 is 0 Å². The summed E-state index contributed by atoms with van der Waals surface area (Å²) >= 11 is 0. The molecule has 0 saturated carbocycles. The summed E-state index contributed by atoms with van der Waals surface area (Å²) < 4.78 is 5.41. The van der Waals surface area contributed by atoms with Crippen molar-refractivity contribution in [3.63, 3.8) is 0 Å². The lowest BCUT2D eigenvalue weighted by Gasteiger charge is -2.41. The molecular weight excluding hydrogens is 272 g/mol. The van der Waals surface area contributed by atoms with Gasteiger partial charge in [-0.3, -0.25) is 0 Å². The number of nitrogens with two attached hydrogens (primary N) is 1. The van der Waals surface area contributed by atoms with Crippen molar-refractivity contribution in [2.75, 3.05) is 26.7 Å². The first-order valence-corrected chi connectivity index (χ1v) is 8.91. The van der Waals surface area contributed by atoms with E-state index >= 15 is 0 Å². The van der Waals surface area contributed by atoms with Crippen molar-refractivity contribution in [1.29, 1.82) is 0 Å². The normalized spacial score (nSPS) is 23.8. The molecule has 1 aliphatic carbocycles. The molecule has 122 valence electrons. The lowest BCUT2D eigenvalue weighted by Crippen LogP contribution is -2.46. The summed E-state index contributed by atoms with van der Waals surface area (Å²) in [7, 11) is 1.76. The number of fused-ring (bicyclic) bond motifs is 1. The van der Waals surface area contributed by atoms with Gasteiger partial charge in [0.25, 0.3) is 0 Å². The highest BCUT2D eigenvalue weighted by Gasteiger charge is 2.30. The van der Waals surface area contributed by atoms with E-state index in [2.05, 4.69) is 23.1 Å². The number of hydrogen-bond acceptors (Lipinski definition) is 3. The van der Waals surface area contributed by atoms with Gasteiger partial charge in [0.15, 0.2) is 0 Å². The molecule has 1 aromatic rings. The largest absolute Gasteiger partial charge is 0.497 e. The summed E-state index contributed by atoms with van der Waals surface area (Å²) in [6.07, 6.45) is 8.96. The smallest absolute Gasteiger partial charge is 0.119 e. The molecule has 1 aliphatic heterocycles. The maximum Gasteiger partial charge on any atom is 0.119 e. The molecule has 0 amide bonds. The SMILES string of the molecule is COc1ccc2c(c1)CC(C(CCN)N1CCCCC1)CC2. The van der Waals surface area contributed by atoms with Crippen LogP contribution in [0.5, 0.6) is 5.75 Å². The Labute approximate surface area is 134 Å². The summed E-state index contributed by atoms with van der Waals surface area (Å²) in [4.78, 5) is 2.73.